The first-order chi connectivity index (χ1) is 19.4. The van der Waals surface area contributed by atoms with Crippen molar-refractivity contribution in [3.63, 3.8) is 0 Å². The molecule has 0 spiro atoms. The van der Waals surface area contributed by atoms with Gasteiger partial charge in [-0.15, -0.1) is 5.10 Å². The van der Waals surface area contributed by atoms with Gasteiger partial charge in [0.05, 0.1) is 28.3 Å². The smallest absolute Gasteiger partial charge is 0.416 e. The number of thioether (sulfide) groups is 1. The molecule has 6 nitrogen and oxygen atoms in total. The summed E-state index contributed by atoms with van der Waals surface area (Å²) in [6.07, 6.45) is 1.71. The number of carbonyl (C=O) groups is 1. The standard InChI is InChI=1S/C30H27ClF3N3O3S/c1-28(2)17-10-11-29(28,3)25(14-17)35-36-27-37(16-20-5-4-12-39-20)26(38)24(41-27)15-19-7-9-23(40-19)21-13-18(30(32,33)34)6-8-22(21)31/h4-9,12-13,15,17H,10-11,14,16H2,1-3H3/b24-15-,35-25+,36-27+. The number of benzene rings is 1. The van der Waals surface area contributed by atoms with Gasteiger partial charge in [0.2, 0.25) is 0 Å². The topological polar surface area (TPSA) is 71.3 Å². The van der Waals surface area contributed by atoms with Crippen molar-refractivity contribution in [2.75, 3.05) is 0 Å². The molecule has 3 heterocycles. The van der Waals surface area contributed by atoms with Gasteiger partial charge >= 0.3 is 6.18 Å². The Balaban J connectivity index is 1.31. The average molecular weight is 602 g/mol. The van der Waals surface area contributed by atoms with Crippen molar-refractivity contribution in [2.24, 2.45) is 27.0 Å². The fraction of sp³-hybridized carbons (Fsp3) is 0.367. The van der Waals surface area contributed by atoms with Crippen LogP contribution in [-0.2, 0) is 17.5 Å². The Morgan fingerprint density at radius 1 is 1.17 bits per heavy atom. The molecule has 2 aliphatic carbocycles. The Morgan fingerprint density at radius 2 is 1.98 bits per heavy atom. The molecule has 1 aromatic carbocycles. The summed E-state index contributed by atoms with van der Waals surface area (Å²) in [6, 6.07) is 9.68. The van der Waals surface area contributed by atoms with Gasteiger partial charge in [-0.3, -0.25) is 9.69 Å². The third-order valence-electron chi connectivity index (χ3n) is 9.01. The van der Waals surface area contributed by atoms with Crippen LogP contribution >= 0.6 is 23.4 Å². The number of alkyl halides is 3. The number of nitrogens with zero attached hydrogens (tertiary/aromatic N) is 3. The van der Waals surface area contributed by atoms with E-state index < -0.39 is 11.7 Å². The summed E-state index contributed by atoms with van der Waals surface area (Å²) >= 11 is 7.35. The summed E-state index contributed by atoms with van der Waals surface area (Å²) < 4.78 is 51.1. The van der Waals surface area contributed by atoms with Gasteiger partial charge in [-0.05, 0) is 84.8 Å². The Bertz CT molecular complexity index is 1610. The number of hydrogen-bond donors (Lipinski definition) is 0. The second-order valence-electron chi connectivity index (χ2n) is 11.4. The zero-order chi connectivity index (χ0) is 29.2. The SMILES string of the molecule is CC12CCC(C/C1=N\N=C1\S/C(=C\c3ccc(-c4cc(C(F)(F)F)ccc4Cl)o3)C(=O)N1Cc1ccco1)C2(C)C. The Morgan fingerprint density at radius 3 is 2.63 bits per heavy atom. The maximum atomic E-state index is 13.5. The van der Waals surface area contributed by atoms with E-state index in [4.69, 9.17) is 25.5 Å². The summed E-state index contributed by atoms with van der Waals surface area (Å²) in [7, 11) is 0. The highest BCUT2D eigenvalue weighted by Gasteiger charge is 2.60. The molecule has 214 valence electrons. The third kappa shape index (κ3) is 4.84. The first-order valence-corrected chi connectivity index (χ1v) is 14.4. The van der Waals surface area contributed by atoms with Crippen LogP contribution in [0.1, 0.15) is 57.1 Å². The second-order valence-corrected chi connectivity index (χ2v) is 12.8. The van der Waals surface area contributed by atoms with Gasteiger partial charge < -0.3 is 8.83 Å². The number of hydrogen-bond acceptors (Lipinski definition) is 6. The van der Waals surface area contributed by atoms with Gasteiger partial charge in [-0.1, -0.05) is 32.4 Å². The number of furan rings is 2. The van der Waals surface area contributed by atoms with E-state index in [1.807, 2.05) is 0 Å². The monoisotopic (exact) mass is 601 g/mol. The van der Waals surface area contributed by atoms with E-state index >= 15 is 0 Å². The van der Waals surface area contributed by atoms with E-state index in [0.29, 0.717) is 21.8 Å². The molecule has 2 aromatic heterocycles. The molecule has 0 radical (unpaired) electrons. The minimum atomic E-state index is -4.52. The molecule has 41 heavy (non-hydrogen) atoms. The van der Waals surface area contributed by atoms with E-state index in [1.54, 1.807) is 24.3 Å². The van der Waals surface area contributed by atoms with E-state index in [2.05, 4.69) is 25.9 Å². The number of rotatable bonds is 5. The van der Waals surface area contributed by atoms with E-state index in [1.165, 1.54) is 29.7 Å². The Hall–Kier alpha value is -3.24. The molecule has 3 aromatic rings. The van der Waals surface area contributed by atoms with Crippen LogP contribution in [0, 0.1) is 16.7 Å². The number of halogens is 4. The van der Waals surface area contributed by atoms with Crippen LogP contribution in [0.5, 0.6) is 0 Å². The maximum absolute atomic E-state index is 13.5. The van der Waals surface area contributed by atoms with Crippen molar-refractivity contribution in [3.05, 3.63) is 75.7 Å². The molecule has 2 atom stereocenters. The highest BCUT2D eigenvalue weighted by atomic mass is 35.5. The van der Waals surface area contributed by atoms with Gasteiger partial charge in [0.1, 0.15) is 17.3 Å². The van der Waals surface area contributed by atoms with Crippen molar-refractivity contribution in [1.82, 2.24) is 4.90 Å². The second kappa shape index (κ2) is 9.94. The quantitative estimate of drug-likeness (QED) is 0.216. The predicted octanol–water partition coefficient (Wildman–Crippen LogP) is 8.89. The molecule has 6 rings (SSSR count). The highest BCUT2D eigenvalue weighted by molar-refractivity contribution is 8.18. The van der Waals surface area contributed by atoms with E-state index in [9.17, 15) is 18.0 Å². The molecule has 3 fully saturated rings. The maximum Gasteiger partial charge on any atom is 0.416 e. The average Bonchev–Trinajstić information content (AvgIpc) is 3.72. The first-order valence-electron chi connectivity index (χ1n) is 13.2. The molecular weight excluding hydrogens is 575 g/mol. The lowest BCUT2D eigenvalue weighted by Gasteiger charge is -2.34. The lowest BCUT2D eigenvalue weighted by Crippen LogP contribution is -2.32. The number of fused-ring (bicyclic) bond motifs is 2. The molecule has 0 N–H and O–H groups in total. The highest BCUT2D eigenvalue weighted by Crippen LogP contribution is 2.64. The molecule has 2 unspecified atom stereocenters. The van der Waals surface area contributed by atoms with E-state index in [-0.39, 0.29) is 45.4 Å². The summed E-state index contributed by atoms with van der Waals surface area (Å²) in [5, 5.41) is 9.80. The lowest BCUT2D eigenvalue weighted by atomic mass is 9.70. The molecule has 1 aliphatic heterocycles. The zero-order valence-electron chi connectivity index (χ0n) is 22.6. The van der Waals surface area contributed by atoms with Crippen LogP contribution in [0.25, 0.3) is 17.4 Å². The van der Waals surface area contributed by atoms with Crippen LogP contribution in [0.15, 0.2) is 72.7 Å². The van der Waals surface area contributed by atoms with Crippen LogP contribution in [0.4, 0.5) is 13.2 Å². The fourth-order valence-electron chi connectivity index (χ4n) is 6.06. The zero-order valence-corrected chi connectivity index (χ0v) is 24.2. The fourth-order valence-corrected chi connectivity index (χ4v) is 7.18. The van der Waals surface area contributed by atoms with Gasteiger partial charge in [0.15, 0.2) is 5.17 Å². The largest absolute Gasteiger partial charge is 0.467 e. The Labute approximate surface area is 244 Å². The molecule has 2 saturated carbocycles. The van der Waals surface area contributed by atoms with Crippen LogP contribution in [0.2, 0.25) is 5.02 Å². The minimum absolute atomic E-state index is 0.0330. The molecule has 1 saturated heterocycles. The van der Waals surface area contributed by atoms with Crippen molar-refractivity contribution in [1.29, 1.82) is 0 Å². The lowest BCUT2D eigenvalue weighted by molar-refractivity contribution is -0.137. The van der Waals surface area contributed by atoms with Crippen LogP contribution in [0.3, 0.4) is 0 Å². The van der Waals surface area contributed by atoms with Crippen molar-refractivity contribution >= 4 is 46.2 Å². The van der Waals surface area contributed by atoms with Crippen molar-refractivity contribution in [3.8, 4) is 11.3 Å². The summed E-state index contributed by atoms with van der Waals surface area (Å²) in [5.74, 6) is 1.30. The van der Waals surface area contributed by atoms with Gasteiger partial charge in [-0.2, -0.15) is 18.3 Å². The van der Waals surface area contributed by atoms with E-state index in [0.717, 1.165) is 42.4 Å². The van der Waals surface area contributed by atoms with Crippen molar-refractivity contribution < 1.29 is 26.8 Å². The molecule has 11 heteroatoms. The number of amidine groups is 1. The summed E-state index contributed by atoms with van der Waals surface area (Å²) in [6.45, 7) is 7.02. The van der Waals surface area contributed by atoms with Crippen LogP contribution < -0.4 is 0 Å². The Kier molecular flexibility index (Phi) is 6.77. The molecular formula is C30H27ClF3N3O3S. The summed E-state index contributed by atoms with van der Waals surface area (Å²) in [4.78, 5) is 15.3. The minimum Gasteiger partial charge on any atom is -0.467 e. The third-order valence-corrected chi connectivity index (χ3v) is 10.3. The van der Waals surface area contributed by atoms with Gasteiger partial charge in [0.25, 0.3) is 5.91 Å². The van der Waals surface area contributed by atoms with Gasteiger partial charge in [0, 0.05) is 22.8 Å². The summed E-state index contributed by atoms with van der Waals surface area (Å²) in [5.41, 5.74) is 0.441. The molecule has 3 aliphatic rings. The number of carbonyl (C=O) groups excluding carboxylic acids is 1. The van der Waals surface area contributed by atoms with Crippen LogP contribution in [-0.4, -0.2) is 21.7 Å². The molecule has 2 bridgehead atoms. The predicted molar refractivity (Wildman–Crippen MR) is 153 cm³/mol. The van der Waals surface area contributed by atoms with Gasteiger partial charge in [-0.25, -0.2) is 0 Å². The normalized spacial score (nSPS) is 26.8. The number of amides is 1. The first kappa shape index (κ1) is 27.9. The van der Waals surface area contributed by atoms with Crippen molar-refractivity contribution in [2.45, 2.75) is 52.8 Å². The molecule has 1 amide bonds.